The van der Waals surface area contributed by atoms with Gasteiger partial charge in [0.05, 0.1) is 11.4 Å². The molecule has 0 aliphatic rings. The maximum absolute atomic E-state index is 13.5. The van der Waals surface area contributed by atoms with Gasteiger partial charge >= 0.3 is 0 Å². The number of hydrogen-bond donors (Lipinski definition) is 2. The summed E-state index contributed by atoms with van der Waals surface area (Å²) in [5.74, 6) is -2.92. The van der Waals surface area contributed by atoms with E-state index in [1.54, 1.807) is 0 Å². The zero-order valence-corrected chi connectivity index (χ0v) is 9.73. The van der Waals surface area contributed by atoms with Gasteiger partial charge in [0.25, 0.3) is 0 Å². The van der Waals surface area contributed by atoms with Crippen molar-refractivity contribution in [1.29, 1.82) is 0 Å². The maximum atomic E-state index is 13.5. The van der Waals surface area contributed by atoms with Crippen LogP contribution in [0, 0.1) is 17.5 Å². The fourth-order valence-electron chi connectivity index (χ4n) is 1.42. The lowest BCUT2D eigenvalue weighted by Crippen LogP contribution is -2.02. The molecule has 2 aromatic rings. The molecule has 0 amide bonds. The summed E-state index contributed by atoms with van der Waals surface area (Å²) in [6.07, 6.45) is 0. The SMILES string of the molecule is Nc1ccc(F)c(F)c1Nc1ccc(Cl)cc1F. The van der Waals surface area contributed by atoms with Gasteiger partial charge in [0.1, 0.15) is 11.5 Å². The van der Waals surface area contributed by atoms with E-state index in [-0.39, 0.29) is 22.1 Å². The summed E-state index contributed by atoms with van der Waals surface area (Å²) in [5, 5.41) is 2.60. The summed E-state index contributed by atoms with van der Waals surface area (Å²) in [4.78, 5) is 0. The minimum Gasteiger partial charge on any atom is -0.397 e. The van der Waals surface area contributed by atoms with Gasteiger partial charge in [0.15, 0.2) is 11.6 Å². The van der Waals surface area contributed by atoms with Crippen molar-refractivity contribution in [2.75, 3.05) is 11.1 Å². The fourth-order valence-corrected chi connectivity index (χ4v) is 1.58. The lowest BCUT2D eigenvalue weighted by molar-refractivity contribution is 0.512. The van der Waals surface area contributed by atoms with Crippen molar-refractivity contribution in [1.82, 2.24) is 0 Å². The number of halogens is 4. The standard InChI is InChI=1S/C12H8ClF3N2/c13-6-1-4-10(8(15)5-6)18-12-9(17)3-2-7(14)11(12)16/h1-5,18H,17H2. The van der Waals surface area contributed by atoms with Crippen molar-refractivity contribution in [3.63, 3.8) is 0 Å². The monoisotopic (exact) mass is 272 g/mol. The van der Waals surface area contributed by atoms with Crippen molar-refractivity contribution in [2.45, 2.75) is 0 Å². The van der Waals surface area contributed by atoms with Crippen LogP contribution in [0.3, 0.4) is 0 Å². The largest absolute Gasteiger partial charge is 0.397 e. The molecule has 94 valence electrons. The van der Waals surface area contributed by atoms with E-state index in [1.165, 1.54) is 18.2 Å². The van der Waals surface area contributed by atoms with Crippen LogP contribution in [0.5, 0.6) is 0 Å². The van der Waals surface area contributed by atoms with Gasteiger partial charge in [0, 0.05) is 5.02 Å². The third kappa shape index (κ3) is 2.36. The topological polar surface area (TPSA) is 38.0 Å². The predicted octanol–water partition coefficient (Wildman–Crippen LogP) is 4.08. The Kier molecular flexibility index (Phi) is 3.34. The molecule has 2 rings (SSSR count). The normalized spacial score (nSPS) is 10.4. The van der Waals surface area contributed by atoms with Gasteiger partial charge in [-0.25, -0.2) is 13.2 Å². The lowest BCUT2D eigenvalue weighted by Gasteiger charge is -2.11. The molecule has 0 bridgehead atoms. The molecule has 2 aromatic carbocycles. The number of nitrogens with two attached hydrogens (primary N) is 1. The number of nitrogen functional groups attached to an aromatic ring is 1. The molecule has 0 heterocycles. The zero-order chi connectivity index (χ0) is 13.3. The van der Waals surface area contributed by atoms with Gasteiger partial charge in [0.2, 0.25) is 0 Å². The molecule has 0 aliphatic carbocycles. The van der Waals surface area contributed by atoms with Crippen LogP contribution in [-0.4, -0.2) is 0 Å². The van der Waals surface area contributed by atoms with Crippen LogP contribution < -0.4 is 11.1 Å². The summed E-state index contributed by atoms with van der Waals surface area (Å²) in [7, 11) is 0. The summed E-state index contributed by atoms with van der Waals surface area (Å²) in [6.45, 7) is 0. The first-order valence-electron chi connectivity index (χ1n) is 4.94. The van der Waals surface area contributed by atoms with E-state index in [1.807, 2.05) is 0 Å². The molecule has 0 radical (unpaired) electrons. The fraction of sp³-hybridized carbons (Fsp3) is 0. The molecule has 2 nitrogen and oxygen atoms in total. The van der Waals surface area contributed by atoms with E-state index in [0.29, 0.717) is 0 Å². The Labute approximate surface area is 106 Å². The van der Waals surface area contributed by atoms with E-state index >= 15 is 0 Å². The van der Waals surface area contributed by atoms with Gasteiger partial charge in [-0.05, 0) is 30.3 Å². The van der Waals surface area contributed by atoms with Crippen LogP contribution in [0.4, 0.5) is 30.2 Å². The van der Waals surface area contributed by atoms with E-state index in [9.17, 15) is 13.2 Å². The Balaban J connectivity index is 2.43. The number of rotatable bonds is 2. The van der Waals surface area contributed by atoms with Crippen LogP contribution in [0.2, 0.25) is 5.02 Å². The molecule has 0 unspecified atom stereocenters. The minimum atomic E-state index is -1.16. The second-order valence-corrected chi connectivity index (χ2v) is 4.01. The average molecular weight is 273 g/mol. The summed E-state index contributed by atoms with van der Waals surface area (Å²) >= 11 is 5.58. The van der Waals surface area contributed by atoms with Gasteiger partial charge in [-0.2, -0.15) is 0 Å². The highest BCUT2D eigenvalue weighted by molar-refractivity contribution is 6.30. The first-order chi connectivity index (χ1) is 8.49. The van der Waals surface area contributed by atoms with Crippen LogP contribution in [-0.2, 0) is 0 Å². The van der Waals surface area contributed by atoms with Crippen LogP contribution in [0.25, 0.3) is 0 Å². The molecule has 0 saturated carbocycles. The molecule has 6 heteroatoms. The van der Waals surface area contributed by atoms with Crippen LogP contribution >= 0.6 is 11.6 Å². The summed E-state index contributed by atoms with van der Waals surface area (Å²) < 4.78 is 40.0. The van der Waals surface area contributed by atoms with E-state index in [2.05, 4.69) is 5.32 Å². The lowest BCUT2D eigenvalue weighted by atomic mass is 10.2. The smallest absolute Gasteiger partial charge is 0.184 e. The highest BCUT2D eigenvalue weighted by Gasteiger charge is 2.13. The first-order valence-corrected chi connectivity index (χ1v) is 5.32. The maximum Gasteiger partial charge on any atom is 0.184 e. The van der Waals surface area contributed by atoms with E-state index < -0.39 is 17.5 Å². The number of nitrogens with one attached hydrogen (secondary N) is 1. The van der Waals surface area contributed by atoms with Crippen molar-refractivity contribution in [3.8, 4) is 0 Å². The third-order valence-electron chi connectivity index (χ3n) is 2.32. The predicted molar refractivity (Wildman–Crippen MR) is 65.5 cm³/mol. The Morgan fingerprint density at radius 1 is 1.00 bits per heavy atom. The minimum absolute atomic E-state index is 0.0248. The zero-order valence-electron chi connectivity index (χ0n) is 8.98. The van der Waals surface area contributed by atoms with E-state index in [4.69, 9.17) is 17.3 Å². The van der Waals surface area contributed by atoms with Gasteiger partial charge in [-0.15, -0.1) is 0 Å². The van der Waals surface area contributed by atoms with Crippen molar-refractivity contribution in [2.24, 2.45) is 0 Å². The third-order valence-corrected chi connectivity index (χ3v) is 2.55. The highest BCUT2D eigenvalue weighted by Crippen LogP contribution is 2.30. The Bertz CT molecular complexity index is 602. The Hall–Kier alpha value is -1.88. The molecule has 0 aliphatic heterocycles. The van der Waals surface area contributed by atoms with Gasteiger partial charge in [-0.1, -0.05) is 11.6 Å². The quantitative estimate of drug-likeness (QED) is 0.808. The Morgan fingerprint density at radius 3 is 2.39 bits per heavy atom. The van der Waals surface area contributed by atoms with Crippen LogP contribution in [0.1, 0.15) is 0 Å². The molecule has 0 atom stereocenters. The van der Waals surface area contributed by atoms with Crippen molar-refractivity contribution < 1.29 is 13.2 Å². The summed E-state index contributed by atoms with van der Waals surface area (Å²) in [6, 6.07) is 5.86. The molecule has 3 N–H and O–H groups in total. The average Bonchev–Trinajstić information content (AvgIpc) is 2.32. The van der Waals surface area contributed by atoms with Crippen LogP contribution in [0.15, 0.2) is 30.3 Å². The van der Waals surface area contributed by atoms with Gasteiger partial charge < -0.3 is 11.1 Å². The highest BCUT2D eigenvalue weighted by atomic mass is 35.5. The second-order valence-electron chi connectivity index (χ2n) is 3.57. The number of hydrogen-bond acceptors (Lipinski definition) is 2. The molecule has 0 aromatic heterocycles. The van der Waals surface area contributed by atoms with Crippen molar-refractivity contribution >= 4 is 28.7 Å². The number of anilines is 3. The summed E-state index contributed by atoms with van der Waals surface area (Å²) in [5.41, 5.74) is 5.12. The van der Waals surface area contributed by atoms with Gasteiger partial charge in [-0.3, -0.25) is 0 Å². The molecule has 0 fully saturated rings. The molecule has 0 spiro atoms. The molecule has 18 heavy (non-hydrogen) atoms. The second kappa shape index (κ2) is 4.78. The first kappa shape index (κ1) is 12.6. The molecule has 0 saturated heterocycles. The molecular weight excluding hydrogens is 265 g/mol. The van der Waals surface area contributed by atoms with Crippen molar-refractivity contribution in [3.05, 3.63) is 52.8 Å². The molecular formula is C12H8ClF3N2. The number of benzene rings is 2. The van der Waals surface area contributed by atoms with E-state index in [0.717, 1.165) is 12.1 Å². The Morgan fingerprint density at radius 2 is 1.72 bits per heavy atom.